The van der Waals surface area contributed by atoms with Gasteiger partial charge < -0.3 is 19.7 Å². The number of hydrogen-bond acceptors (Lipinski definition) is 5. The van der Waals surface area contributed by atoms with Crippen LogP contribution in [0.2, 0.25) is 0 Å². The maximum atomic E-state index is 14.6. The van der Waals surface area contributed by atoms with E-state index in [1.807, 2.05) is 4.90 Å². The number of amides is 2. The Labute approximate surface area is 258 Å². The smallest absolute Gasteiger partial charge is 0.341 e. The Balaban J connectivity index is 1.34. The molecule has 4 atom stereocenters. The average molecular weight is 628 g/mol. The molecule has 240 valence electrons. The summed E-state index contributed by atoms with van der Waals surface area (Å²) in [5.41, 5.74) is 1.25. The minimum atomic E-state index is -4.69. The Hall–Kier alpha value is -3.80. The van der Waals surface area contributed by atoms with E-state index in [4.69, 9.17) is 0 Å². The molecule has 1 N–H and O–H groups in total. The van der Waals surface area contributed by atoms with Gasteiger partial charge >= 0.3 is 6.18 Å². The van der Waals surface area contributed by atoms with Gasteiger partial charge in [-0.2, -0.15) is 13.2 Å². The first-order chi connectivity index (χ1) is 21.3. The molecule has 8 nitrogen and oxygen atoms in total. The summed E-state index contributed by atoms with van der Waals surface area (Å²) < 4.78 is 57.6. The van der Waals surface area contributed by atoms with Gasteiger partial charge in [0.2, 0.25) is 5.91 Å². The Morgan fingerprint density at radius 3 is 2.40 bits per heavy atom. The summed E-state index contributed by atoms with van der Waals surface area (Å²) in [6.07, 6.45) is 0.474. The van der Waals surface area contributed by atoms with Crippen molar-refractivity contribution in [3.05, 3.63) is 59.3 Å². The number of pyridine rings is 1. The number of likely N-dealkylation sites (tertiary alicyclic amines) is 1. The van der Waals surface area contributed by atoms with Gasteiger partial charge in [-0.3, -0.25) is 19.4 Å². The summed E-state index contributed by atoms with van der Waals surface area (Å²) in [6, 6.07) is 2.04. The molecular formula is C33H37F4N5O3. The average Bonchev–Trinajstić information content (AvgIpc) is 3.55. The van der Waals surface area contributed by atoms with Crippen LogP contribution in [0.3, 0.4) is 0 Å². The number of aromatic nitrogens is 2. The number of hydrogen-bond donors (Lipinski definition) is 1. The van der Waals surface area contributed by atoms with E-state index in [1.165, 1.54) is 26.1 Å². The molecule has 0 spiro atoms. The summed E-state index contributed by atoms with van der Waals surface area (Å²) >= 11 is 0. The van der Waals surface area contributed by atoms with E-state index >= 15 is 0 Å². The molecule has 3 aromatic rings. The largest absolute Gasteiger partial charge is 0.408 e. The second-order valence-corrected chi connectivity index (χ2v) is 12.9. The number of Topliss-reactive ketones (excluding diaryl/α,β-unsaturated/α-hetero) is 1. The summed E-state index contributed by atoms with van der Waals surface area (Å²) in [6.45, 7) is 7.39. The normalized spacial score (nSPS) is 22.5. The van der Waals surface area contributed by atoms with E-state index in [9.17, 15) is 31.9 Å². The minimum absolute atomic E-state index is 0.105. The SMILES string of the molecule is Cc1c(C(=O)C2CCN(C(=O)[C@H]3NC[C@@H]4C[C@@H]43)CC2)c2ccncc2n1-c1ccc(F)cc1C(=O)N(C(C)C)C(C)C(F)(F)F. The van der Waals surface area contributed by atoms with Crippen LogP contribution in [0.4, 0.5) is 17.6 Å². The lowest BCUT2D eigenvalue weighted by atomic mass is 9.87. The Bertz CT molecular complexity index is 1660. The molecule has 2 saturated heterocycles. The molecule has 0 bridgehead atoms. The number of carbonyl (C=O) groups is 3. The van der Waals surface area contributed by atoms with Crippen molar-refractivity contribution in [2.75, 3.05) is 19.6 Å². The van der Waals surface area contributed by atoms with Gasteiger partial charge in [0.15, 0.2) is 5.78 Å². The van der Waals surface area contributed by atoms with Crippen LogP contribution >= 0.6 is 0 Å². The lowest BCUT2D eigenvalue weighted by molar-refractivity contribution is -0.175. The van der Waals surface area contributed by atoms with E-state index in [-0.39, 0.29) is 34.9 Å². The van der Waals surface area contributed by atoms with Crippen molar-refractivity contribution >= 4 is 28.5 Å². The van der Waals surface area contributed by atoms with E-state index in [2.05, 4.69) is 10.3 Å². The lowest BCUT2D eigenvalue weighted by Crippen LogP contribution is -2.50. The Morgan fingerprint density at radius 2 is 1.80 bits per heavy atom. The van der Waals surface area contributed by atoms with Crippen LogP contribution in [0.15, 0.2) is 36.7 Å². The second kappa shape index (κ2) is 11.5. The summed E-state index contributed by atoms with van der Waals surface area (Å²) in [4.78, 5) is 47.8. The highest BCUT2D eigenvalue weighted by Gasteiger charge is 2.52. The van der Waals surface area contributed by atoms with Gasteiger partial charge in [-0.1, -0.05) is 0 Å². The fourth-order valence-corrected chi connectivity index (χ4v) is 7.29. The van der Waals surface area contributed by atoms with Crippen LogP contribution in [-0.4, -0.2) is 80.9 Å². The molecule has 3 aliphatic rings. The molecule has 0 radical (unpaired) electrons. The topological polar surface area (TPSA) is 87.5 Å². The molecule has 12 heteroatoms. The molecule has 1 aromatic carbocycles. The number of nitrogens with one attached hydrogen (secondary N) is 1. The summed E-state index contributed by atoms with van der Waals surface area (Å²) in [7, 11) is 0. The lowest BCUT2D eigenvalue weighted by Gasteiger charge is -2.34. The van der Waals surface area contributed by atoms with Crippen molar-refractivity contribution in [1.29, 1.82) is 0 Å². The molecule has 2 aliphatic heterocycles. The van der Waals surface area contributed by atoms with Crippen molar-refractivity contribution in [1.82, 2.24) is 24.7 Å². The number of benzene rings is 1. The van der Waals surface area contributed by atoms with Crippen LogP contribution in [-0.2, 0) is 4.79 Å². The van der Waals surface area contributed by atoms with Crippen LogP contribution < -0.4 is 5.32 Å². The zero-order chi connectivity index (χ0) is 32.4. The monoisotopic (exact) mass is 627 g/mol. The maximum absolute atomic E-state index is 14.6. The second-order valence-electron chi connectivity index (χ2n) is 12.9. The van der Waals surface area contributed by atoms with Gasteiger partial charge in [-0.05, 0) is 89.6 Å². The highest BCUT2D eigenvalue weighted by Crippen LogP contribution is 2.46. The zero-order valence-electron chi connectivity index (χ0n) is 25.7. The van der Waals surface area contributed by atoms with Gasteiger partial charge in [0, 0.05) is 47.9 Å². The quantitative estimate of drug-likeness (QED) is 0.284. The third-order valence-corrected chi connectivity index (χ3v) is 9.81. The predicted molar refractivity (Wildman–Crippen MR) is 160 cm³/mol. The zero-order valence-corrected chi connectivity index (χ0v) is 25.7. The molecular weight excluding hydrogens is 590 g/mol. The van der Waals surface area contributed by atoms with Gasteiger partial charge in [-0.25, -0.2) is 4.39 Å². The molecule has 1 unspecified atom stereocenters. The maximum Gasteiger partial charge on any atom is 0.408 e. The van der Waals surface area contributed by atoms with E-state index in [1.54, 1.807) is 23.8 Å². The fraction of sp³-hybridized carbons (Fsp3) is 0.515. The number of piperidine rings is 2. The number of carbonyl (C=O) groups excluding carboxylic acids is 3. The van der Waals surface area contributed by atoms with Crippen molar-refractivity contribution in [2.24, 2.45) is 17.8 Å². The van der Waals surface area contributed by atoms with Crippen LogP contribution in [0.1, 0.15) is 66.4 Å². The molecule has 6 rings (SSSR count). The van der Waals surface area contributed by atoms with Crippen LogP contribution in [0.25, 0.3) is 16.6 Å². The first-order valence-electron chi connectivity index (χ1n) is 15.5. The van der Waals surface area contributed by atoms with E-state index in [0.29, 0.717) is 64.8 Å². The first-order valence-corrected chi connectivity index (χ1v) is 15.5. The molecule has 2 amide bonds. The highest BCUT2D eigenvalue weighted by molar-refractivity contribution is 6.11. The van der Waals surface area contributed by atoms with Crippen molar-refractivity contribution in [3.63, 3.8) is 0 Å². The number of halogens is 4. The molecule has 1 aliphatic carbocycles. The number of alkyl halides is 3. The molecule has 4 heterocycles. The molecule has 45 heavy (non-hydrogen) atoms. The number of rotatable bonds is 7. The first kappa shape index (κ1) is 31.2. The Morgan fingerprint density at radius 1 is 1.09 bits per heavy atom. The van der Waals surface area contributed by atoms with Crippen LogP contribution in [0, 0.1) is 30.5 Å². The summed E-state index contributed by atoms with van der Waals surface area (Å²) in [5.74, 6) is -1.08. The number of fused-ring (bicyclic) bond motifs is 2. The fourth-order valence-electron chi connectivity index (χ4n) is 7.29. The third kappa shape index (κ3) is 5.51. The minimum Gasteiger partial charge on any atom is -0.341 e. The van der Waals surface area contributed by atoms with E-state index in [0.717, 1.165) is 32.0 Å². The highest BCUT2D eigenvalue weighted by atomic mass is 19.4. The third-order valence-electron chi connectivity index (χ3n) is 9.81. The van der Waals surface area contributed by atoms with Crippen molar-refractivity contribution in [3.8, 4) is 5.69 Å². The van der Waals surface area contributed by atoms with Crippen molar-refractivity contribution < 1.29 is 31.9 Å². The molecule has 1 saturated carbocycles. The van der Waals surface area contributed by atoms with Gasteiger partial charge in [-0.15, -0.1) is 0 Å². The van der Waals surface area contributed by atoms with Gasteiger partial charge in [0.1, 0.15) is 11.9 Å². The van der Waals surface area contributed by atoms with Gasteiger partial charge in [0.05, 0.1) is 29.0 Å². The Kier molecular flexibility index (Phi) is 7.99. The molecule has 3 fully saturated rings. The standard InChI is InChI=1S/C33H37F4N5O3/c1-17(2)41(19(4)33(35,36)37)31(44)25-14-22(34)5-6-26(25)42-18(3)28(23-7-10-38-16-27(23)42)30(43)20-8-11-40(12-9-20)32(45)29-24-13-21(24)15-39-29/h5-7,10,14,16-17,19-21,24,29,39H,8-9,11-13,15H2,1-4H3/t19?,21-,24-,29-/m0/s1. The predicted octanol–water partition coefficient (Wildman–Crippen LogP) is 5.30. The summed E-state index contributed by atoms with van der Waals surface area (Å²) in [5, 5.41) is 3.91. The van der Waals surface area contributed by atoms with Crippen molar-refractivity contribution in [2.45, 2.75) is 71.3 Å². The van der Waals surface area contributed by atoms with Gasteiger partial charge in [0.25, 0.3) is 5.91 Å². The number of nitrogens with zero attached hydrogens (tertiary/aromatic N) is 4. The van der Waals surface area contributed by atoms with Crippen LogP contribution in [0.5, 0.6) is 0 Å². The molecule has 2 aromatic heterocycles. The van der Waals surface area contributed by atoms with E-state index < -0.39 is 30.0 Å². The number of ketones is 1.